The zero-order valence-electron chi connectivity index (χ0n) is 12.7. The van der Waals surface area contributed by atoms with Crippen LogP contribution in [0.5, 0.6) is 5.75 Å². The van der Waals surface area contributed by atoms with Crippen LogP contribution in [0.25, 0.3) is 11.1 Å². The molecule has 2 aromatic rings. The zero-order chi connectivity index (χ0) is 16.4. The van der Waals surface area contributed by atoms with E-state index in [1.807, 2.05) is 24.5 Å². The summed E-state index contributed by atoms with van der Waals surface area (Å²) in [6.07, 6.45) is 0.0366. The fraction of sp³-hybridized carbons (Fsp3) is 0.333. The molecule has 0 N–H and O–H groups in total. The fourth-order valence-corrected chi connectivity index (χ4v) is 2.95. The molecule has 0 heterocycles. The molecule has 0 saturated heterocycles. The molecule has 0 atom stereocenters. The SMILES string of the molecule is CSc1cccc(-c2ccc(C(F)(F)F)cc2)c1OCC1CC1. The average Bonchev–Trinajstić information content (AvgIpc) is 3.36. The van der Waals surface area contributed by atoms with Crippen LogP contribution in [0.4, 0.5) is 13.2 Å². The second-order valence-electron chi connectivity index (χ2n) is 5.67. The Labute approximate surface area is 137 Å². The molecule has 0 aliphatic heterocycles. The van der Waals surface area contributed by atoms with Crippen LogP contribution >= 0.6 is 11.8 Å². The number of halogens is 3. The minimum atomic E-state index is -4.31. The van der Waals surface area contributed by atoms with Crippen LogP contribution in [0.3, 0.4) is 0 Å². The highest BCUT2D eigenvalue weighted by atomic mass is 32.2. The predicted molar refractivity (Wildman–Crippen MR) is 86.9 cm³/mol. The van der Waals surface area contributed by atoms with Crippen molar-refractivity contribution >= 4 is 11.8 Å². The lowest BCUT2D eigenvalue weighted by atomic mass is 10.0. The molecule has 1 fully saturated rings. The predicted octanol–water partition coefficient (Wildman–Crippen LogP) is 5.88. The van der Waals surface area contributed by atoms with Gasteiger partial charge in [0.1, 0.15) is 5.75 Å². The lowest BCUT2D eigenvalue weighted by molar-refractivity contribution is -0.137. The molecule has 3 rings (SSSR count). The molecule has 23 heavy (non-hydrogen) atoms. The number of alkyl halides is 3. The zero-order valence-corrected chi connectivity index (χ0v) is 13.5. The molecular weight excluding hydrogens is 321 g/mol. The lowest BCUT2D eigenvalue weighted by Gasteiger charge is -2.15. The van der Waals surface area contributed by atoms with E-state index in [4.69, 9.17) is 4.74 Å². The van der Waals surface area contributed by atoms with Gasteiger partial charge in [0.05, 0.1) is 12.2 Å². The summed E-state index contributed by atoms with van der Waals surface area (Å²) in [7, 11) is 0. The third-order valence-electron chi connectivity index (χ3n) is 3.88. The monoisotopic (exact) mass is 338 g/mol. The van der Waals surface area contributed by atoms with Crippen LogP contribution in [0, 0.1) is 5.92 Å². The molecule has 0 radical (unpaired) electrons. The van der Waals surface area contributed by atoms with Gasteiger partial charge in [0.2, 0.25) is 0 Å². The smallest absolute Gasteiger partial charge is 0.416 e. The van der Waals surface area contributed by atoms with Crippen molar-refractivity contribution in [2.45, 2.75) is 23.9 Å². The third kappa shape index (κ3) is 3.83. The topological polar surface area (TPSA) is 9.23 Å². The van der Waals surface area contributed by atoms with Crippen molar-refractivity contribution in [3.05, 3.63) is 48.0 Å². The van der Waals surface area contributed by atoms with Gasteiger partial charge in [-0.3, -0.25) is 0 Å². The van der Waals surface area contributed by atoms with Gasteiger partial charge < -0.3 is 4.74 Å². The molecule has 0 unspecified atom stereocenters. The van der Waals surface area contributed by atoms with Crippen LogP contribution in [0.1, 0.15) is 18.4 Å². The summed E-state index contributed by atoms with van der Waals surface area (Å²) < 4.78 is 44.1. The number of thioether (sulfide) groups is 1. The van der Waals surface area contributed by atoms with Gasteiger partial charge in [-0.2, -0.15) is 13.2 Å². The Morgan fingerprint density at radius 1 is 1.09 bits per heavy atom. The van der Waals surface area contributed by atoms with Crippen LogP contribution in [-0.2, 0) is 6.18 Å². The molecule has 5 heteroatoms. The van der Waals surface area contributed by atoms with E-state index in [1.54, 1.807) is 11.8 Å². The van der Waals surface area contributed by atoms with E-state index in [0.717, 1.165) is 33.9 Å². The fourth-order valence-electron chi connectivity index (χ4n) is 2.38. The van der Waals surface area contributed by atoms with Crippen LogP contribution < -0.4 is 4.74 Å². The summed E-state index contributed by atoms with van der Waals surface area (Å²) >= 11 is 1.58. The Morgan fingerprint density at radius 3 is 2.35 bits per heavy atom. The number of ether oxygens (including phenoxy) is 1. The highest BCUT2D eigenvalue weighted by molar-refractivity contribution is 7.98. The second-order valence-corrected chi connectivity index (χ2v) is 6.51. The Bertz CT molecular complexity index is 676. The Morgan fingerprint density at radius 2 is 1.78 bits per heavy atom. The maximum atomic E-state index is 12.7. The Balaban J connectivity index is 1.94. The van der Waals surface area contributed by atoms with Crippen molar-refractivity contribution in [1.82, 2.24) is 0 Å². The van der Waals surface area contributed by atoms with E-state index in [-0.39, 0.29) is 0 Å². The first-order chi connectivity index (χ1) is 11.0. The van der Waals surface area contributed by atoms with Gasteiger partial charge in [-0.1, -0.05) is 24.3 Å². The molecule has 0 bridgehead atoms. The van der Waals surface area contributed by atoms with Gasteiger partial charge in [-0.15, -0.1) is 11.8 Å². The van der Waals surface area contributed by atoms with E-state index in [0.29, 0.717) is 12.5 Å². The molecule has 122 valence electrons. The van der Waals surface area contributed by atoms with E-state index in [2.05, 4.69) is 0 Å². The molecule has 0 aromatic heterocycles. The highest BCUT2D eigenvalue weighted by Crippen LogP contribution is 2.40. The number of hydrogen-bond donors (Lipinski definition) is 0. The summed E-state index contributed by atoms with van der Waals surface area (Å²) in [5.41, 5.74) is 0.939. The summed E-state index contributed by atoms with van der Waals surface area (Å²) in [5.74, 6) is 1.39. The van der Waals surface area contributed by atoms with Gasteiger partial charge in [0.25, 0.3) is 0 Å². The van der Waals surface area contributed by atoms with Crippen molar-refractivity contribution in [2.75, 3.05) is 12.9 Å². The Kier molecular flexibility index (Phi) is 4.57. The largest absolute Gasteiger partial charge is 0.491 e. The molecule has 1 aliphatic rings. The molecular formula is C18H17F3OS. The van der Waals surface area contributed by atoms with Gasteiger partial charge in [0, 0.05) is 10.5 Å². The van der Waals surface area contributed by atoms with E-state index in [9.17, 15) is 13.2 Å². The van der Waals surface area contributed by atoms with E-state index in [1.165, 1.54) is 25.0 Å². The molecule has 0 amide bonds. The maximum absolute atomic E-state index is 12.7. The van der Waals surface area contributed by atoms with Crippen LogP contribution in [0.15, 0.2) is 47.4 Å². The van der Waals surface area contributed by atoms with Crippen molar-refractivity contribution in [3.8, 4) is 16.9 Å². The average molecular weight is 338 g/mol. The molecule has 2 aromatic carbocycles. The van der Waals surface area contributed by atoms with Gasteiger partial charge in [-0.25, -0.2) is 0 Å². The first-order valence-corrected chi connectivity index (χ1v) is 8.69. The lowest BCUT2D eigenvalue weighted by Crippen LogP contribution is -2.04. The summed E-state index contributed by atoms with van der Waals surface area (Å²) in [6.45, 7) is 0.672. The van der Waals surface area contributed by atoms with Crippen molar-refractivity contribution in [2.24, 2.45) is 5.92 Å². The van der Waals surface area contributed by atoms with E-state index < -0.39 is 11.7 Å². The van der Waals surface area contributed by atoms with Gasteiger partial charge >= 0.3 is 6.18 Å². The van der Waals surface area contributed by atoms with Gasteiger partial charge in [-0.05, 0) is 48.8 Å². The first kappa shape index (κ1) is 16.2. The van der Waals surface area contributed by atoms with Crippen molar-refractivity contribution in [1.29, 1.82) is 0 Å². The summed E-state index contributed by atoms with van der Waals surface area (Å²) in [6, 6.07) is 11.0. The third-order valence-corrected chi connectivity index (χ3v) is 4.64. The van der Waals surface area contributed by atoms with Gasteiger partial charge in [0.15, 0.2) is 0 Å². The minimum Gasteiger partial charge on any atom is -0.491 e. The van der Waals surface area contributed by atoms with Crippen LogP contribution in [-0.4, -0.2) is 12.9 Å². The quantitative estimate of drug-likeness (QED) is 0.629. The Hall–Kier alpha value is -1.62. The number of benzene rings is 2. The highest BCUT2D eigenvalue weighted by Gasteiger charge is 2.30. The van der Waals surface area contributed by atoms with Crippen molar-refractivity contribution in [3.63, 3.8) is 0 Å². The number of para-hydroxylation sites is 1. The standard InChI is InChI=1S/C18H17F3OS/c1-23-16-4-2-3-15(17(16)22-11-12-5-6-12)13-7-9-14(10-8-13)18(19,20)21/h2-4,7-10,12H,5-6,11H2,1H3. The maximum Gasteiger partial charge on any atom is 0.416 e. The first-order valence-electron chi connectivity index (χ1n) is 7.46. The second kappa shape index (κ2) is 6.48. The summed E-state index contributed by atoms with van der Waals surface area (Å²) in [4.78, 5) is 1.00. The molecule has 1 saturated carbocycles. The van der Waals surface area contributed by atoms with Crippen molar-refractivity contribution < 1.29 is 17.9 Å². The normalized spacial score (nSPS) is 14.8. The molecule has 1 aliphatic carbocycles. The minimum absolute atomic E-state index is 0.616. The molecule has 0 spiro atoms. The molecule has 1 nitrogen and oxygen atoms in total. The number of hydrogen-bond acceptors (Lipinski definition) is 2. The van der Waals surface area contributed by atoms with E-state index >= 15 is 0 Å². The number of rotatable bonds is 5. The summed E-state index contributed by atoms with van der Waals surface area (Å²) in [5, 5.41) is 0. The van der Waals surface area contributed by atoms with Crippen LogP contribution in [0.2, 0.25) is 0 Å².